The minimum absolute atomic E-state index is 0.224. The second-order valence-electron chi connectivity index (χ2n) is 4.98. The standard InChI is InChI=1S/C16H20N2O3S/c1-11-13(15(19)21-10-9-20-3)14(17-16(22)18(11)2)12-7-5-4-6-8-12/h4-8,14H,9-10H2,1-3H3,(H,17,22). The second-order valence-corrected chi connectivity index (χ2v) is 5.37. The highest BCUT2D eigenvalue weighted by Gasteiger charge is 2.33. The van der Waals surface area contributed by atoms with E-state index in [0.717, 1.165) is 11.3 Å². The van der Waals surface area contributed by atoms with Crippen LogP contribution in [0.1, 0.15) is 18.5 Å². The molecule has 1 atom stereocenters. The van der Waals surface area contributed by atoms with Crippen molar-refractivity contribution in [1.82, 2.24) is 10.2 Å². The fourth-order valence-electron chi connectivity index (χ4n) is 2.29. The first-order chi connectivity index (χ1) is 10.6. The van der Waals surface area contributed by atoms with Crippen molar-refractivity contribution in [2.75, 3.05) is 27.4 Å². The van der Waals surface area contributed by atoms with Crippen LogP contribution in [0.3, 0.4) is 0 Å². The smallest absolute Gasteiger partial charge is 0.338 e. The van der Waals surface area contributed by atoms with Gasteiger partial charge < -0.3 is 19.7 Å². The number of esters is 1. The van der Waals surface area contributed by atoms with Crippen LogP contribution in [0.15, 0.2) is 41.6 Å². The van der Waals surface area contributed by atoms with Crippen LogP contribution in [0.4, 0.5) is 0 Å². The Morgan fingerprint density at radius 2 is 2.00 bits per heavy atom. The van der Waals surface area contributed by atoms with Crippen LogP contribution >= 0.6 is 12.2 Å². The van der Waals surface area contributed by atoms with Gasteiger partial charge in [-0.3, -0.25) is 0 Å². The van der Waals surface area contributed by atoms with Crippen LogP contribution in [0.5, 0.6) is 0 Å². The molecule has 5 nitrogen and oxygen atoms in total. The van der Waals surface area contributed by atoms with Crippen LogP contribution in [0, 0.1) is 0 Å². The highest BCUT2D eigenvalue weighted by Crippen LogP contribution is 2.30. The summed E-state index contributed by atoms with van der Waals surface area (Å²) in [6.07, 6.45) is 0. The fourth-order valence-corrected chi connectivity index (χ4v) is 2.55. The number of carbonyl (C=O) groups is 1. The summed E-state index contributed by atoms with van der Waals surface area (Å²) in [5, 5.41) is 3.78. The molecule has 0 spiro atoms. The Morgan fingerprint density at radius 1 is 1.32 bits per heavy atom. The van der Waals surface area contributed by atoms with Crippen LogP contribution in [0.25, 0.3) is 0 Å². The van der Waals surface area contributed by atoms with Gasteiger partial charge in [0, 0.05) is 19.9 Å². The van der Waals surface area contributed by atoms with E-state index in [1.54, 1.807) is 12.0 Å². The molecule has 1 unspecified atom stereocenters. The van der Waals surface area contributed by atoms with Crippen LogP contribution < -0.4 is 5.32 Å². The highest BCUT2D eigenvalue weighted by atomic mass is 32.1. The van der Waals surface area contributed by atoms with Gasteiger partial charge in [0.2, 0.25) is 0 Å². The Kier molecular flexibility index (Phi) is 5.51. The molecule has 1 aliphatic rings. The predicted molar refractivity (Wildman–Crippen MR) is 88.2 cm³/mol. The van der Waals surface area contributed by atoms with Gasteiger partial charge in [-0.15, -0.1) is 0 Å². The van der Waals surface area contributed by atoms with E-state index in [0.29, 0.717) is 17.3 Å². The average molecular weight is 320 g/mol. The number of benzene rings is 1. The number of allylic oxidation sites excluding steroid dienone is 1. The van der Waals surface area contributed by atoms with Gasteiger partial charge in [0.15, 0.2) is 5.11 Å². The Labute approximate surface area is 135 Å². The summed E-state index contributed by atoms with van der Waals surface area (Å²) in [4.78, 5) is 14.3. The van der Waals surface area contributed by atoms with Gasteiger partial charge in [-0.2, -0.15) is 0 Å². The third kappa shape index (κ3) is 3.45. The monoisotopic (exact) mass is 320 g/mol. The summed E-state index contributed by atoms with van der Waals surface area (Å²) < 4.78 is 10.2. The van der Waals surface area contributed by atoms with Crippen molar-refractivity contribution in [2.45, 2.75) is 13.0 Å². The molecule has 0 saturated carbocycles. The van der Waals surface area contributed by atoms with Crippen molar-refractivity contribution < 1.29 is 14.3 Å². The van der Waals surface area contributed by atoms with E-state index in [4.69, 9.17) is 21.7 Å². The Morgan fingerprint density at radius 3 is 2.64 bits per heavy atom. The predicted octanol–water partition coefficient (Wildman–Crippen LogP) is 2.01. The third-order valence-corrected chi connectivity index (χ3v) is 4.02. The van der Waals surface area contributed by atoms with Crippen LogP contribution in [0.2, 0.25) is 0 Å². The molecule has 2 rings (SSSR count). The molecule has 0 radical (unpaired) electrons. The lowest BCUT2D eigenvalue weighted by atomic mass is 9.95. The zero-order valence-corrected chi connectivity index (χ0v) is 13.8. The van der Waals surface area contributed by atoms with E-state index < -0.39 is 0 Å². The summed E-state index contributed by atoms with van der Waals surface area (Å²) in [5.41, 5.74) is 2.33. The summed E-state index contributed by atoms with van der Waals surface area (Å²) >= 11 is 5.34. The van der Waals surface area contributed by atoms with E-state index >= 15 is 0 Å². The number of nitrogens with one attached hydrogen (secondary N) is 1. The molecule has 1 aromatic carbocycles. The van der Waals surface area contributed by atoms with Gasteiger partial charge in [0.05, 0.1) is 18.2 Å². The normalized spacial score (nSPS) is 18.2. The molecule has 1 heterocycles. The van der Waals surface area contributed by atoms with E-state index in [2.05, 4.69) is 5.32 Å². The molecule has 22 heavy (non-hydrogen) atoms. The first kappa shape index (κ1) is 16.5. The highest BCUT2D eigenvalue weighted by molar-refractivity contribution is 7.80. The number of carbonyl (C=O) groups excluding carboxylic acids is 1. The van der Waals surface area contributed by atoms with Crippen LogP contribution in [-0.4, -0.2) is 43.4 Å². The quantitative estimate of drug-likeness (QED) is 0.509. The van der Waals surface area contributed by atoms with Gasteiger partial charge >= 0.3 is 5.97 Å². The Balaban J connectivity index is 2.34. The Hall–Kier alpha value is -1.92. The van der Waals surface area contributed by atoms with E-state index in [1.165, 1.54) is 0 Å². The number of nitrogens with zero attached hydrogens (tertiary/aromatic N) is 1. The number of methoxy groups -OCH3 is 1. The van der Waals surface area contributed by atoms with Crippen molar-refractivity contribution >= 4 is 23.3 Å². The summed E-state index contributed by atoms with van der Waals surface area (Å²) in [7, 11) is 3.40. The maximum Gasteiger partial charge on any atom is 0.338 e. The molecule has 0 saturated heterocycles. The van der Waals surface area contributed by atoms with Gasteiger partial charge in [-0.1, -0.05) is 30.3 Å². The lowest BCUT2D eigenvalue weighted by Crippen LogP contribution is -2.46. The molecular formula is C16H20N2O3S. The molecule has 1 aliphatic heterocycles. The lowest BCUT2D eigenvalue weighted by Gasteiger charge is -2.35. The van der Waals surface area contributed by atoms with E-state index in [9.17, 15) is 4.79 Å². The van der Waals surface area contributed by atoms with Crippen LogP contribution in [-0.2, 0) is 14.3 Å². The number of ether oxygens (including phenoxy) is 2. The number of thiocarbonyl (C=S) groups is 1. The molecule has 0 fully saturated rings. The van der Waals surface area contributed by atoms with Gasteiger partial charge in [-0.05, 0) is 24.7 Å². The molecule has 0 aromatic heterocycles. The molecule has 0 bridgehead atoms. The SMILES string of the molecule is COCCOC(=O)C1=C(C)N(C)C(=S)NC1c1ccccc1. The minimum atomic E-state index is -0.356. The van der Waals surface area contributed by atoms with Gasteiger partial charge in [0.1, 0.15) is 6.61 Å². The average Bonchev–Trinajstić information content (AvgIpc) is 2.53. The van der Waals surface area contributed by atoms with Crippen molar-refractivity contribution in [3.63, 3.8) is 0 Å². The molecular weight excluding hydrogens is 300 g/mol. The molecule has 0 amide bonds. The van der Waals surface area contributed by atoms with E-state index in [-0.39, 0.29) is 18.6 Å². The first-order valence-corrected chi connectivity index (χ1v) is 7.43. The maximum atomic E-state index is 12.5. The maximum absolute atomic E-state index is 12.5. The first-order valence-electron chi connectivity index (χ1n) is 7.02. The van der Waals surface area contributed by atoms with Crippen molar-refractivity contribution in [2.24, 2.45) is 0 Å². The number of hydrogen-bond donors (Lipinski definition) is 1. The molecule has 0 aliphatic carbocycles. The van der Waals surface area contributed by atoms with Crippen molar-refractivity contribution in [3.8, 4) is 0 Å². The topological polar surface area (TPSA) is 50.8 Å². The zero-order chi connectivity index (χ0) is 16.1. The molecule has 1 aromatic rings. The van der Waals surface area contributed by atoms with Gasteiger partial charge in [-0.25, -0.2) is 4.79 Å². The summed E-state index contributed by atoms with van der Waals surface area (Å²) in [5.74, 6) is -0.356. The third-order valence-electron chi connectivity index (χ3n) is 3.63. The second kappa shape index (κ2) is 7.38. The van der Waals surface area contributed by atoms with Crippen molar-refractivity contribution in [3.05, 3.63) is 47.2 Å². The summed E-state index contributed by atoms with van der Waals surface area (Å²) in [6.45, 7) is 2.47. The van der Waals surface area contributed by atoms with Gasteiger partial charge in [0.25, 0.3) is 0 Å². The Bertz CT molecular complexity index is 586. The number of hydrogen-bond acceptors (Lipinski definition) is 4. The zero-order valence-electron chi connectivity index (χ0n) is 13.0. The molecule has 6 heteroatoms. The lowest BCUT2D eigenvalue weighted by molar-refractivity contribution is -0.140. The molecule has 118 valence electrons. The largest absolute Gasteiger partial charge is 0.460 e. The van der Waals surface area contributed by atoms with Crippen molar-refractivity contribution in [1.29, 1.82) is 0 Å². The number of rotatable bonds is 5. The van der Waals surface area contributed by atoms with E-state index in [1.807, 2.05) is 44.3 Å². The minimum Gasteiger partial charge on any atom is -0.460 e. The fraction of sp³-hybridized carbons (Fsp3) is 0.375. The molecule has 1 N–H and O–H groups in total. The summed E-state index contributed by atoms with van der Waals surface area (Å²) in [6, 6.07) is 9.41.